The monoisotopic (exact) mass is 615 g/mol. The number of benzene rings is 3. The van der Waals surface area contributed by atoms with Crippen molar-refractivity contribution in [1.29, 1.82) is 0 Å². The van der Waals surface area contributed by atoms with Crippen molar-refractivity contribution in [3.8, 4) is 5.75 Å². The van der Waals surface area contributed by atoms with Crippen molar-refractivity contribution in [3.05, 3.63) is 93.6 Å². The molecule has 1 heterocycles. The predicted molar refractivity (Wildman–Crippen MR) is 149 cm³/mol. The summed E-state index contributed by atoms with van der Waals surface area (Å²) in [5, 5.41) is 23.2. The first-order valence-corrected chi connectivity index (χ1v) is 13.2. The molecule has 0 spiro atoms. The molecule has 37 heavy (non-hydrogen) atoms. The predicted octanol–water partition coefficient (Wildman–Crippen LogP) is 2.56. The molecule has 1 aliphatic rings. The highest BCUT2D eigenvalue weighted by Crippen LogP contribution is 2.17. The fourth-order valence-corrected chi connectivity index (χ4v) is 4.69. The molecule has 2 atom stereocenters. The quantitative estimate of drug-likeness (QED) is 0.320. The normalized spacial score (nSPS) is 15.1. The lowest BCUT2D eigenvalue weighted by molar-refractivity contribution is -0.153. The summed E-state index contributed by atoms with van der Waals surface area (Å²) in [5.74, 6) is -0.755. The van der Waals surface area contributed by atoms with E-state index in [4.69, 9.17) is 4.74 Å². The first-order chi connectivity index (χ1) is 17.9. The molecule has 3 N–H and O–H groups in total. The molecular formula is C28H30IN3O5. The molecule has 0 radical (unpaired) electrons. The second kappa shape index (κ2) is 12.9. The second-order valence-electron chi connectivity index (χ2n) is 8.82. The summed E-state index contributed by atoms with van der Waals surface area (Å²) in [6.07, 6.45) is -3.67. The number of hydrogen-bond acceptors (Lipinski definition) is 6. The molecule has 4 rings (SSSR count). The van der Waals surface area contributed by atoms with Crippen molar-refractivity contribution in [2.75, 3.05) is 31.1 Å². The first-order valence-electron chi connectivity index (χ1n) is 12.1. The highest BCUT2D eigenvalue weighted by atomic mass is 127. The van der Waals surface area contributed by atoms with Crippen molar-refractivity contribution in [1.82, 2.24) is 10.2 Å². The SMILES string of the molecule is O=C(NCc1ccc(OCc2cccc(I)c2)cc1)[C@H](O)[C@@H](O)C(=O)N1CCN(c2ccccc2)CC1. The number of amides is 2. The average molecular weight is 615 g/mol. The van der Waals surface area contributed by atoms with Crippen LogP contribution in [0.15, 0.2) is 78.9 Å². The van der Waals surface area contributed by atoms with Crippen LogP contribution in [-0.4, -0.2) is 65.3 Å². The number of nitrogens with one attached hydrogen (secondary N) is 1. The maximum atomic E-state index is 12.7. The Bertz CT molecular complexity index is 1180. The third-order valence-electron chi connectivity index (χ3n) is 6.22. The van der Waals surface area contributed by atoms with Gasteiger partial charge in [-0.3, -0.25) is 9.59 Å². The van der Waals surface area contributed by atoms with Crippen molar-refractivity contribution in [3.63, 3.8) is 0 Å². The summed E-state index contributed by atoms with van der Waals surface area (Å²) in [6.45, 7) is 2.61. The van der Waals surface area contributed by atoms with Crippen LogP contribution in [0.5, 0.6) is 5.75 Å². The van der Waals surface area contributed by atoms with Gasteiger partial charge in [-0.15, -0.1) is 0 Å². The zero-order valence-corrected chi connectivity index (χ0v) is 22.5. The number of carbonyl (C=O) groups excluding carboxylic acids is 2. The van der Waals surface area contributed by atoms with Gasteiger partial charge in [0.15, 0.2) is 12.2 Å². The van der Waals surface area contributed by atoms with Crippen LogP contribution in [0, 0.1) is 3.57 Å². The van der Waals surface area contributed by atoms with E-state index in [2.05, 4.69) is 38.9 Å². The van der Waals surface area contributed by atoms with Gasteiger partial charge in [0.2, 0.25) is 0 Å². The molecule has 0 saturated carbocycles. The minimum Gasteiger partial charge on any atom is -0.489 e. The maximum absolute atomic E-state index is 12.7. The summed E-state index contributed by atoms with van der Waals surface area (Å²) in [5.41, 5.74) is 2.93. The van der Waals surface area contributed by atoms with E-state index in [0.717, 1.165) is 20.4 Å². The Morgan fingerprint density at radius 1 is 0.865 bits per heavy atom. The lowest BCUT2D eigenvalue weighted by Crippen LogP contribution is -2.55. The fraction of sp³-hybridized carbons (Fsp3) is 0.286. The Balaban J connectivity index is 1.21. The molecule has 1 aliphatic heterocycles. The van der Waals surface area contributed by atoms with Crippen LogP contribution < -0.4 is 15.0 Å². The van der Waals surface area contributed by atoms with Crippen LogP contribution >= 0.6 is 22.6 Å². The zero-order valence-electron chi connectivity index (χ0n) is 20.3. The number of ether oxygens (including phenoxy) is 1. The van der Waals surface area contributed by atoms with Gasteiger partial charge in [0.1, 0.15) is 12.4 Å². The minimum atomic E-state index is -1.85. The van der Waals surface area contributed by atoms with Crippen molar-refractivity contribution in [2.24, 2.45) is 0 Å². The number of nitrogens with zero attached hydrogens (tertiary/aromatic N) is 2. The molecule has 1 fully saturated rings. The number of anilines is 1. The van der Waals surface area contributed by atoms with E-state index < -0.39 is 24.0 Å². The van der Waals surface area contributed by atoms with Crippen LogP contribution in [0.25, 0.3) is 0 Å². The van der Waals surface area contributed by atoms with Crippen LogP contribution in [0.4, 0.5) is 5.69 Å². The van der Waals surface area contributed by atoms with E-state index >= 15 is 0 Å². The van der Waals surface area contributed by atoms with Crippen molar-refractivity contribution in [2.45, 2.75) is 25.4 Å². The molecule has 0 aromatic heterocycles. The van der Waals surface area contributed by atoms with Crippen LogP contribution in [0.2, 0.25) is 0 Å². The highest BCUT2D eigenvalue weighted by Gasteiger charge is 2.34. The van der Waals surface area contributed by atoms with Gasteiger partial charge in [0, 0.05) is 42.0 Å². The van der Waals surface area contributed by atoms with Crippen LogP contribution in [0.3, 0.4) is 0 Å². The molecular weight excluding hydrogens is 585 g/mol. The molecule has 9 heteroatoms. The van der Waals surface area contributed by atoms with Gasteiger partial charge >= 0.3 is 0 Å². The van der Waals surface area contributed by atoms with Crippen LogP contribution in [-0.2, 0) is 22.7 Å². The van der Waals surface area contributed by atoms with Crippen molar-refractivity contribution >= 4 is 40.1 Å². The van der Waals surface area contributed by atoms with Gasteiger partial charge in [0.25, 0.3) is 11.8 Å². The molecule has 0 aliphatic carbocycles. The van der Waals surface area contributed by atoms with Crippen molar-refractivity contribution < 1.29 is 24.5 Å². The molecule has 2 amide bonds. The van der Waals surface area contributed by atoms with Gasteiger partial charge in [-0.05, 0) is 70.1 Å². The second-order valence-corrected chi connectivity index (χ2v) is 10.1. The summed E-state index contributed by atoms with van der Waals surface area (Å²) >= 11 is 2.26. The zero-order chi connectivity index (χ0) is 26.2. The summed E-state index contributed by atoms with van der Waals surface area (Å²) in [4.78, 5) is 28.7. The van der Waals surface area contributed by atoms with Gasteiger partial charge in [-0.2, -0.15) is 0 Å². The molecule has 8 nitrogen and oxygen atoms in total. The molecule has 0 bridgehead atoms. The van der Waals surface area contributed by atoms with E-state index in [9.17, 15) is 19.8 Å². The van der Waals surface area contributed by atoms with Crippen LogP contribution in [0.1, 0.15) is 11.1 Å². The number of halogens is 1. The van der Waals surface area contributed by atoms with E-state index in [-0.39, 0.29) is 6.54 Å². The van der Waals surface area contributed by atoms with E-state index in [1.165, 1.54) is 4.90 Å². The minimum absolute atomic E-state index is 0.143. The smallest absolute Gasteiger partial charge is 0.254 e. The largest absolute Gasteiger partial charge is 0.489 e. The summed E-state index contributed by atoms with van der Waals surface area (Å²) < 4.78 is 6.95. The summed E-state index contributed by atoms with van der Waals surface area (Å²) in [6, 6.07) is 25.2. The molecule has 1 saturated heterocycles. The average Bonchev–Trinajstić information content (AvgIpc) is 2.94. The Morgan fingerprint density at radius 3 is 2.24 bits per heavy atom. The lowest BCUT2D eigenvalue weighted by Gasteiger charge is -2.37. The number of piperazine rings is 1. The number of rotatable bonds is 9. The Hall–Kier alpha value is -3.15. The third-order valence-corrected chi connectivity index (χ3v) is 6.89. The van der Waals surface area contributed by atoms with E-state index in [0.29, 0.717) is 38.5 Å². The van der Waals surface area contributed by atoms with Gasteiger partial charge in [-0.1, -0.05) is 42.5 Å². The molecule has 0 unspecified atom stereocenters. The maximum Gasteiger partial charge on any atom is 0.254 e. The molecule has 3 aromatic rings. The third kappa shape index (κ3) is 7.43. The van der Waals surface area contributed by atoms with E-state index in [1.54, 1.807) is 12.1 Å². The Labute approximate surface area is 230 Å². The van der Waals surface area contributed by atoms with Gasteiger partial charge in [-0.25, -0.2) is 0 Å². The standard InChI is InChI=1S/C28H30IN3O5/c29-22-6-4-5-21(17-22)19-37-24-11-9-20(10-12-24)18-30-27(35)25(33)26(34)28(36)32-15-13-31(14-16-32)23-7-2-1-3-8-23/h1-12,17,25-26,33-34H,13-16,18-19H2,(H,30,35)/t25-,26-/m1/s1. The lowest BCUT2D eigenvalue weighted by atomic mass is 10.1. The highest BCUT2D eigenvalue weighted by molar-refractivity contribution is 14.1. The Kier molecular flexibility index (Phi) is 9.37. The summed E-state index contributed by atoms with van der Waals surface area (Å²) in [7, 11) is 0. The Morgan fingerprint density at radius 2 is 1.57 bits per heavy atom. The first kappa shape index (κ1) is 26.9. The number of aliphatic hydroxyl groups is 2. The fourth-order valence-electron chi connectivity index (χ4n) is 4.08. The van der Waals surface area contributed by atoms with Gasteiger partial charge in [0.05, 0.1) is 0 Å². The van der Waals surface area contributed by atoms with E-state index in [1.807, 2.05) is 60.7 Å². The molecule has 194 valence electrons. The number of carbonyl (C=O) groups is 2. The van der Waals surface area contributed by atoms with Gasteiger partial charge < -0.3 is 30.1 Å². The molecule has 3 aromatic carbocycles. The topological polar surface area (TPSA) is 102 Å². The number of para-hydroxylation sites is 1. The number of hydrogen-bond donors (Lipinski definition) is 3. The number of aliphatic hydroxyl groups excluding tert-OH is 2.